The summed E-state index contributed by atoms with van der Waals surface area (Å²) < 4.78 is 0. The van der Waals surface area contributed by atoms with Gasteiger partial charge in [0.05, 0.1) is 13.1 Å². The van der Waals surface area contributed by atoms with Crippen molar-refractivity contribution >= 4 is 11.6 Å². The average molecular weight is 275 g/mol. The van der Waals surface area contributed by atoms with E-state index in [0.29, 0.717) is 6.54 Å². The standard InChI is InChI=1S/C17H26N2O/c1-4-15-9-5-8-14(3)17(15)18-16(20)12-19-10-6-7-13(2)11-19/h5,8-9,13H,4,6-7,10-12H2,1-3H3,(H,18,20)/p+1/t13-/m1/s1. The van der Waals surface area contributed by atoms with Gasteiger partial charge in [-0.15, -0.1) is 0 Å². The number of benzene rings is 1. The Morgan fingerprint density at radius 1 is 1.45 bits per heavy atom. The van der Waals surface area contributed by atoms with Crippen molar-refractivity contribution in [2.24, 2.45) is 5.92 Å². The minimum absolute atomic E-state index is 0.151. The number of amides is 1. The van der Waals surface area contributed by atoms with Crippen LogP contribution in [0.3, 0.4) is 0 Å². The number of hydrogen-bond donors (Lipinski definition) is 2. The first kappa shape index (κ1) is 15.0. The van der Waals surface area contributed by atoms with Crippen LogP contribution in [0, 0.1) is 12.8 Å². The zero-order valence-electron chi connectivity index (χ0n) is 13.0. The molecule has 1 heterocycles. The van der Waals surface area contributed by atoms with Crippen LogP contribution in [0.4, 0.5) is 5.69 Å². The van der Waals surface area contributed by atoms with Crippen LogP contribution >= 0.6 is 0 Å². The smallest absolute Gasteiger partial charge is 0.279 e. The van der Waals surface area contributed by atoms with Gasteiger partial charge in [-0.2, -0.15) is 0 Å². The lowest BCUT2D eigenvalue weighted by molar-refractivity contribution is -0.900. The summed E-state index contributed by atoms with van der Waals surface area (Å²) >= 11 is 0. The van der Waals surface area contributed by atoms with E-state index in [2.05, 4.69) is 44.3 Å². The maximum Gasteiger partial charge on any atom is 0.279 e. The number of nitrogens with one attached hydrogen (secondary N) is 2. The van der Waals surface area contributed by atoms with Crippen molar-refractivity contribution in [2.45, 2.75) is 40.0 Å². The van der Waals surface area contributed by atoms with E-state index in [1.165, 1.54) is 23.3 Å². The first-order valence-electron chi connectivity index (χ1n) is 7.82. The Hall–Kier alpha value is -1.35. The zero-order valence-corrected chi connectivity index (χ0v) is 13.0. The number of quaternary nitrogens is 1. The van der Waals surface area contributed by atoms with E-state index in [-0.39, 0.29) is 5.91 Å². The Bertz CT molecular complexity index is 470. The molecule has 0 aromatic heterocycles. The van der Waals surface area contributed by atoms with E-state index < -0.39 is 0 Å². The Morgan fingerprint density at radius 3 is 2.95 bits per heavy atom. The number of likely N-dealkylation sites (tertiary alicyclic amines) is 1. The predicted octanol–water partition coefficient (Wildman–Crippen LogP) is 1.81. The molecule has 1 aliphatic heterocycles. The van der Waals surface area contributed by atoms with Crippen molar-refractivity contribution < 1.29 is 9.69 Å². The first-order chi connectivity index (χ1) is 9.60. The number of carbonyl (C=O) groups excluding carboxylic acids is 1. The molecule has 1 aliphatic rings. The summed E-state index contributed by atoms with van der Waals surface area (Å²) in [6, 6.07) is 6.21. The molecule has 0 saturated carbocycles. The van der Waals surface area contributed by atoms with Gasteiger partial charge in [-0.25, -0.2) is 0 Å². The monoisotopic (exact) mass is 275 g/mol. The normalized spacial score (nSPS) is 22.6. The Morgan fingerprint density at radius 2 is 2.25 bits per heavy atom. The molecule has 1 amide bonds. The second kappa shape index (κ2) is 6.89. The van der Waals surface area contributed by atoms with E-state index >= 15 is 0 Å². The minimum atomic E-state index is 0.151. The molecule has 3 heteroatoms. The van der Waals surface area contributed by atoms with Crippen molar-refractivity contribution in [3.05, 3.63) is 29.3 Å². The molecule has 0 spiro atoms. The van der Waals surface area contributed by atoms with Gasteiger partial charge in [0.25, 0.3) is 5.91 Å². The lowest BCUT2D eigenvalue weighted by atomic mass is 10.0. The van der Waals surface area contributed by atoms with Crippen LogP contribution < -0.4 is 10.2 Å². The third-order valence-electron chi connectivity index (χ3n) is 4.28. The molecule has 3 nitrogen and oxygen atoms in total. The summed E-state index contributed by atoms with van der Waals surface area (Å²) in [4.78, 5) is 13.7. The Labute approximate surface area is 122 Å². The number of piperidine rings is 1. The molecule has 2 atom stereocenters. The average Bonchev–Trinajstić information content (AvgIpc) is 2.41. The number of hydrogen-bond acceptors (Lipinski definition) is 1. The minimum Gasteiger partial charge on any atom is -0.327 e. The van der Waals surface area contributed by atoms with Crippen LogP contribution in [0.1, 0.15) is 37.8 Å². The highest BCUT2D eigenvalue weighted by atomic mass is 16.2. The second-order valence-electron chi connectivity index (χ2n) is 6.14. The molecule has 0 bridgehead atoms. The molecule has 1 unspecified atom stereocenters. The fraction of sp³-hybridized carbons (Fsp3) is 0.588. The van der Waals surface area contributed by atoms with Gasteiger partial charge < -0.3 is 10.2 Å². The number of anilines is 1. The summed E-state index contributed by atoms with van der Waals surface area (Å²) in [6.07, 6.45) is 3.50. The van der Waals surface area contributed by atoms with E-state index in [4.69, 9.17) is 0 Å². The molecule has 2 rings (SSSR count). The maximum atomic E-state index is 12.3. The third kappa shape index (κ3) is 3.83. The number of rotatable bonds is 4. The summed E-state index contributed by atoms with van der Waals surface area (Å²) in [5, 5.41) is 3.13. The molecule has 1 saturated heterocycles. The molecule has 1 aromatic rings. The largest absolute Gasteiger partial charge is 0.327 e. The van der Waals surface area contributed by atoms with Gasteiger partial charge in [0.2, 0.25) is 0 Å². The Kier molecular flexibility index (Phi) is 5.18. The SMILES string of the molecule is CCc1cccc(C)c1NC(=O)C[NH+]1CCC[C@@H](C)C1. The number of aryl methyl sites for hydroxylation is 2. The van der Waals surface area contributed by atoms with Crippen LogP contribution in [-0.2, 0) is 11.2 Å². The van der Waals surface area contributed by atoms with Crippen LogP contribution in [0.5, 0.6) is 0 Å². The molecule has 2 N–H and O–H groups in total. The lowest BCUT2D eigenvalue weighted by Crippen LogP contribution is -3.14. The summed E-state index contributed by atoms with van der Waals surface area (Å²) in [5.41, 5.74) is 3.39. The van der Waals surface area contributed by atoms with Gasteiger partial charge in [-0.3, -0.25) is 4.79 Å². The lowest BCUT2D eigenvalue weighted by Gasteiger charge is -2.27. The zero-order chi connectivity index (χ0) is 14.5. The highest BCUT2D eigenvalue weighted by Gasteiger charge is 2.22. The van der Waals surface area contributed by atoms with Gasteiger partial charge in [0, 0.05) is 11.6 Å². The van der Waals surface area contributed by atoms with Gasteiger partial charge in [0.15, 0.2) is 6.54 Å². The molecule has 1 aromatic carbocycles. The second-order valence-corrected chi connectivity index (χ2v) is 6.14. The first-order valence-corrected chi connectivity index (χ1v) is 7.82. The maximum absolute atomic E-state index is 12.3. The highest BCUT2D eigenvalue weighted by Crippen LogP contribution is 2.20. The summed E-state index contributed by atoms with van der Waals surface area (Å²) in [7, 11) is 0. The topological polar surface area (TPSA) is 33.5 Å². The van der Waals surface area contributed by atoms with E-state index in [1.54, 1.807) is 0 Å². The molecule has 0 aliphatic carbocycles. The van der Waals surface area contributed by atoms with Gasteiger partial charge >= 0.3 is 0 Å². The van der Waals surface area contributed by atoms with Crippen LogP contribution in [0.25, 0.3) is 0 Å². The van der Waals surface area contributed by atoms with Gasteiger partial charge in [-0.1, -0.05) is 32.0 Å². The Balaban J connectivity index is 1.98. The molecular formula is C17H27N2O+. The van der Waals surface area contributed by atoms with Crippen LogP contribution in [-0.4, -0.2) is 25.5 Å². The molecular weight excluding hydrogens is 248 g/mol. The highest BCUT2D eigenvalue weighted by molar-refractivity contribution is 5.93. The van der Waals surface area contributed by atoms with Crippen molar-refractivity contribution in [1.82, 2.24) is 0 Å². The number of para-hydroxylation sites is 1. The molecule has 20 heavy (non-hydrogen) atoms. The fourth-order valence-corrected chi connectivity index (χ4v) is 3.17. The van der Waals surface area contributed by atoms with Crippen molar-refractivity contribution in [2.75, 3.05) is 25.0 Å². The van der Waals surface area contributed by atoms with Crippen molar-refractivity contribution in [3.8, 4) is 0 Å². The van der Waals surface area contributed by atoms with Crippen molar-refractivity contribution in [3.63, 3.8) is 0 Å². The summed E-state index contributed by atoms with van der Waals surface area (Å²) in [5.74, 6) is 0.898. The summed E-state index contributed by atoms with van der Waals surface area (Å²) in [6.45, 7) is 9.33. The van der Waals surface area contributed by atoms with Crippen LogP contribution in [0.15, 0.2) is 18.2 Å². The molecule has 1 fully saturated rings. The predicted molar refractivity (Wildman–Crippen MR) is 83.1 cm³/mol. The van der Waals surface area contributed by atoms with E-state index in [0.717, 1.165) is 36.7 Å². The third-order valence-corrected chi connectivity index (χ3v) is 4.28. The molecule has 110 valence electrons. The van der Waals surface area contributed by atoms with Crippen molar-refractivity contribution in [1.29, 1.82) is 0 Å². The number of carbonyl (C=O) groups is 1. The van der Waals surface area contributed by atoms with Gasteiger partial charge in [0.1, 0.15) is 0 Å². The fourth-order valence-electron chi connectivity index (χ4n) is 3.17. The quantitative estimate of drug-likeness (QED) is 0.863. The van der Waals surface area contributed by atoms with E-state index in [1.807, 2.05) is 0 Å². The van der Waals surface area contributed by atoms with Gasteiger partial charge in [-0.05, 0) is 37.3 Å². The van der Waals surface area contributed by atoms with E-state index in [9.17, 15) is 4.79 Å². The molecule has 0 radical (unpaired) electrons. The van der Waals surface area contributed by atoms with Crippen LogP contribution in [0.2, 0.25) is 0 Å².